The maximum Gasteiger partial charge on any atom is 0.269 e. The molecule has 0 heterocycles. The van der Waals surface area contributed by atoms with E-state index in [1.807, 2.05) is 0 Å². The Bertz CT molecular complexity index is 517. The first-order chi connectivity index (χ1) is 10.1. The molecule has 5 nitrogen and oxygen atoms in total. The Morgan fingerprint density at radius 2 is 1.90 bits per heavy atom. The van der Waals surface area contributed by atoms with E-state index in [4.69, 9.17) is 0 Å². The number of benzene rings is 1. The largest absolute Gasteiger partial charge is 0.352 e. The molecule has 0 aliphatic heterocycles. The van der Waals surface area contributed by atoms with E-state index in [1.165, 1.54) is 50.3 Å². The lowest BCUT2D eigenvalue weighted by atomic mass is 9.89. The van der Waals surface area contributed by atoms with Crippen LogP contribution in [0, 0.1) is 16.0 Å². The zero-order chi connectivity index (χ0) is 15.1. The molecule has 112 valence electrons. The monoisotopic (exact) mass is 288 g/mol. The van der Waals surface area contributed by atoms with E-state index in [0.717, 1.165) is 12.1 Å². The van der Waals surface area contributed by atoms with Gasteiger partial charge in [-0.2, -0.15) is 0 Å². The molecule has 1 fully saturated rings. The van der Waals surface area contributed by atoms with E-state index in [1.54, 1.807) is 18.2 Å². The summed E-state index contributed by atoms with van der Waals surface area (Å²) in [6, 6.07) is 6.12. The number of nitrogens with zero attached hydrogens (tertiary/aromatic N) is 1. The molecule has 1 N–H and O–H groups in total. The van der Waals surface area contributed by atoms with Crippen molar-refractivity contribution in [1.29, 1.82) is 0 Å². The third-order valence-corrected chi connectivity index (χ3v) is 3.82. The second-order valence-corrected chi connectivity index (χ2v) is 5.43. The molecule has 0 bridgehead atoms. The van der Waals surface area contributed by atoms with Crippen molar-refractivity contribution in [2.24, 2.45) is 5.92 Å². The number of nitro benzene ring substituents is 1. The standard InChI is InChI=1S/C16H20N2O3/c19-16(17-12-14-4-2-1-3-5-14)11-8-13-6-9-15(10-7-13)18(20)21/h6-11,14H,1-5,12H2,(H,17,19)/b11-8+. The van der Waals surface area contributed by atoms with Crippen LogP contribution in [0.25, 0.3) is 6.08 Å². The molecule has 2 rings (SSSR count). The summed E-state index contributed by atoms with van der Waals surface area (Å²) in [4.78, 5) is 21.8. The van der Waals surface area contributed by atoms with Gasteiger partial charge in [0.2, 0.25) is 5.91 Å². The Kier molecular flexibility index (Phi) is 5.49. The summed E-state index contributed by atoms with van der Waals surface area (Å²) < 4.78 is 0. The van der Waals surface area contributed by atoms with Gasteiger partial charge in [-0.1, -0.05) is 19.3 Å². The van der Waals surface area contributed by atoms with Gasteiger partial charge in [0.05, 0.1) is 4.92 Å². The number of non-ortho nitro benzene ring substituents is 1. The SMILES string of the molecule is O=C(/C=C/c1ccc([N+](=O)[O-])cc1)NCC1CCCCC1. The summed E-state index contributed by atoms with van der Waals surface area (Å²) in [5, 5.41) is 13.5. The molecule has 1 saturated carbocycles. The third-order valence-electron chi connectivity index (χ3n) is 3.82. The lowest BCUT2D eigenvalue weighted by molar-refractivity contribution is -0.384. The van der Waals surface area contributed by atoms with Gasteiger partial charge in [0.1, 0.15) is 0 Å². The van der Waals surface area contributed by atoms with E-state index >= 15 is 0 Å². The van der Waals surface area contributed by atoms with Gasteiger partial charge in [-0.25, -0.2) is 0 Å². The Labute approximate surface area is 124 Å². The predicted octanol–water partition coefficient (Wildman–Crippen LogP) is 3.30. The molecule has 0 atom stereocenters. The van der Waals surface area contributed by atoms with Gasteiger partial charge in [0.15, 0.2) is 0 Å². The van der Waals surface area contributed by atoms with Gasteiger partial charge in [-0.3, -0.25) is 14.9 Å². The highest BCUT2D eigenvalue weighted by Crippen LogP contribution is 2.22. The van der Waals surface area contributed by atoms with Crippen molar-refractivity contribution in [2.75, 3.05) is 6.54 Å². The van der Waals surface area contributed by atoms with Crippen molar-refractivity contribution in [3.63, 3.8) is 0 Å². The number of hydrogen-bond donors (Lipinski definition) is 1. The quantitative estimate of drug-likeness (QED) is 0.513. The van der Waals surface area contributed by atoms with Gasteiger partial charge < -0.3 is 5.32 Å². The van der Waals surface area contributed by atoms with E-state index in [9.17, 15) is 14.9 Å². The molecule has 0 radical (unpaired) electrons. The Hall–Kier alpha value is -2.17. The zero-order valence-electron chi connectivity index (χ0n) is 12.0. The normalized spacial score (nSPS) is 16.0. The Morgan fingerprint density at radius 1 is 1.24 bits per heavy atom. The first-order valence-electron chi connectivity index (χ1n) is 7.35. The number of carbonyl (C=O) groups is 1. The minimum Gasteiger partial charge on any atom is -0.352 e. The van der Waals surface area contributed by atoms with Crippen LogP contribution < -0.4 is 5.32 Å². The van der Waals surface area contributed by atoms with E-state index in [-0.39, 0.29) is 11.6 Å². The summed E-state index contributed by atoms with van der Waals surface area (Å²) in [5.74, 6) is 0.495. The molecule has 1 aliphatic rings. The summed E-state index contributed by atoms with van der Waals surface area (Å²) in [6.45, 7) is 0.740. The molecular weight excluding hydrogens is 268 g/mol. The average Bonchev–Trinajstić information content (AvgIpc) is 2.52. The zero-order valence-corrected chi connectivity index (χ0v) is 12.0. The lowest BCUT2D eigenvalue weighted by Gasteiger charge is -2.21. The molecule has 1 aromatic carbocycles. The van der Waals surface area contributed by atoms with Gasteiger partial charge >= 0.3 is 0 Å². The highest BCUT2D eigenvalue weighted by atomic mass is 16.6. The fourth-order valence-corrected chi connectivity index (χ4v) is 2.57. The minimum atomic E-state index is -0.440. The molecule has 1 aromatic rings. The first-order valence-corrected chi connectivity index (χ1v) is 7.35. The molecule has 5 heteroatoms. The van der Waals surface area contributed by atoms with Gasteiger partial charge in [0.25, 0.3) is 5.69 Å². The molecule has 1 amide bonds. The number of carbonyl (C=O) groups excluding carboxylic acids is 1. The van der Waals surface area contributed by atoms with Crippen LogP contribution in [0.5, 0.6) is 0 Å². The van der Waals surface area contributed by atoms with E-state index in [0.29, 0.717) is 5.92 Å². The van der Waals surface area contributed by atoms with Gasteiger partial charge in [0, 0.05) is 24.8 Å². The maximum atomic E-state index is 11.7. The summed E-state index contributed by atoms with van der Waals surface area (Å²) >= 11 is 0. The fourth-order valence-electron chi connectivity index (χ4n) is 2.57. The van der Waals surface area contributed by atoms with Crippen LogP contribution in [0.3, 0.4) is 0 Å². The van der Waals surface area contributed by atoms with E-state index < -0.39 is 4.92 Å². The molecule has 1 aliphatic carbocycles. The van der Waals surface area contributed by atoms with Crippen LogP contribution in [0.15, 0.2) is 30.3 Å². The number of nitro groups is 1. The van der Waals surface area contributed by atoms with Crippen LogP contribution in [0.4, 0.5) is 5.69 Å². The van der Waals surface area contributed by atoms with Crippen molar-refractivity contribution >= 4 is 17.7 Å². The van der Waals surface area contributed by atoms with Gasteiger partial charge in [-0.05, 0) is 42.5 Å². The second kappa shape index (κ2) is 7.57. The second-order valence-electron chi connectivity index (χ2n) is 5.43. The summed E-state index contributed by atoms with van der Waals surface area (Å²) in [7, 11) is 0. The highest BCUT2D eigenvalue weighted by molar-refractivity contribution is 5.91. The molecule has 0 spiro atoms. The maximum absolute atomic E-state index is 11.7. The van der Waals surface area contributed by atoms with Crippen molar-refractivity contribution in [2.45, 2.75) is 32.1 Å². The number of rotatable bonds is 5. The minimum absolute atomic E-state index is 0.0499. The van der Waals surface area contributed by atoms with Gasteiger partial charge in [-0.15, -0.1) is 0 Å². The average molecular weight is 288 g/mol. The van der Waals surface area contributed by atoms with Crippen LogP contribution in [0.1, 0.15) is 37.7 Å². The van der Waals surface area contributed by atoms with Crippen LogP contribution >= 0.6 is 0 Å². The lowest BCUT2D eigenvalue weighted by Crippen LogP contribution is -2.28. The topological polar surface area (TPSA) is 72.2 Å². The number of hydrogen-bond acceptors (Lipinski definition) is 3. The molecular formula is C16H20N2O3. The number of nitrogens with one attached hydrogen (secondary N) is 1. The summed E-state index contributed by atoms with van der Waals surface area (Å²) in [5.41, 5.74) is 0.822. The van der Waals surface area contributed by atoms with Crippen molar-refractivity contribution in [1.82, 2.24) is 5.32 Å². The number of amides is 1. The van der Waals surface area contributed by atoms with Crippen LogP contribution in [0.2, 0.25) is 0 Å². The Morgan fingerprint density at radius 3 is 2.52 bits per heavy atom. The highest BCUT2D eigenvalue weighted by Gasteiger charge is 2.13. The molecule has 0 saturated heterocycles. The van der Waals surface area contributed by atoms with Crippen molar-refractivity contribution in [3.8, 4) is 0 Å². The smallest absolute Gasteiger partial charge is 0.269 e. The molecule has 21 heavy (non-hydrogen) atoms. The van der Waals surface area contributed by atoms with Crippen molar-refractivity contribution < 1.29 is 9.72 Å². The summed E-state index contributed by atoms with van der Waals surface area (Å²) in [6.07, 6.45) is 9.38. The predicted molar refractivity (Wildman–Crippen MR) is 81.7 cm³/mol. The van der Waals surface area contributed by atoms with Crippen LogP contribution in [-0.4, -0.2) is 17.4 Å². The van der Waals surface area contributed by atoms with Crippen LogP contribution in [-0.2, 0) is 4.79 Å². The molecule has 0 aromatic heterocycles. The fraction of sp³-hybridized carbons (Fsp3) is 0.438. The first kappa shape index (κ1) is 15.2. The van der Waals surface area contributed by atoms with Crippen molar-refractivity contribution in [3.05, 3.63) is 46.0 Å². The Balaban J connectivity index is 1.79. The van der Waals surface area contributed by atoms with E-state index in [2.05, 4.69) is 5.32 Å². The molecule has 0 unspecified atom stereocenters. The third kappa shape index (κ3) is 5.02.